The van der Waals surface area contributed by atoms with E-state index in [2.05, 4.69) is 10.2 Å². The van der Waals surface area contributed by atoms with Gasteiger partial charge in [-0.2, -0.15) is 11.8 Å². The van der Waals surface area contributed by atoms with Gasteiger partial charge in [-0.05, 0) is 25.3 Å². The molecule has 0 radical (unpaired) electrons. The molecule has 2 fully saturated rings. The Morgan fingerprint density at radius 3 is 2.35 bits per heavy atom. The molecule has 1 aliphatic carbocycles. The fraction of sp³-hybridized carbons (Fsp3) is 0.632. The Morgan fingerprint density at radius 2 is 1.77 bits per heavy atom. The summed E-state index contributed by atoms with van der Waals surface area (Å²) in [4.78, 5) is 15.4. The third-order valence-electron chi connectivity index (χ3n) is 5.64. The predicted octanol–water partition coefficient (Wildman–Crippen LogP) is 3.18. The van der Waals surface area contributed by atoms with Crippen LogP contribution in [0.5, 0.6) is 0 Å². The number of nitrogens with two attached hydrogens (primary N) is 1. The monoisotopic (exact) mass is 419 g/mol. The zero-order valence-electron chi connectivity index (χ0n) is 15.4. The van der Waals surface area contributed by atoms with E-state index < -0.39 is 5.54 Å². The van der Waals surface area contributed by atoms with Gasteiger partial charge in [-0.25, -0.2) is 0 Å². The van der Waals surface area contributed by atoms with Crippen LogP contribution in [0.1, 0.15) is 38.2 Å². The number of rotatable bonds is 5. The van der Waals surface area contributed by atoms with Crippen LogP contribution in [0.25, 0.3) is 0 Å². The number of hydrogen-bond acceptors (Lipinski definition) is 4. The van der Waals surface area contributed by atoms with Crippen LogP contribution >= 0.6 is 36.6 Å². The molecule has 1 aromatic rings. The Bertz CT molecular complexity index is 559. The van der Waals surface area contributed by atoms with Crippen molar-refractivity contribution < 1.29 is 4.79 Å². The number of hydrogen-bond donors (Lipinski definition) is 2. The smallest absolute Gasteiger partial charge is 0.244 e. The molecule has 1 saturated carbocycles. The van der Waals surface area contributed by atoms with E-state index in [0.717, 1.165) is 25.2 Å². The van der Waals surface area contributed by atoms with Crippen molar-refractivity contribution in [1.82, 2.24) is 10.2 Å². The summed E-state index contributed by atoms with van der Waals surface area (Å²) in [5, 5.41) is 3.19. The average molecular weight is 420 g/mol. The van der Waals surface area contributed by atoms with Crippen LogP contribution in [-0.4, -0.2) is 47.5 Å². The molecule has 3 rings (SSSR count). The summed E-state index contributed by atoms with van der Waals surface area (Å²) < 4.78 is 0. The van der Waals surface area contributed by atoms with E-state index in [1.54, 1.807) is 6.92 Å². The van der Waals surface area contributed by atoms with Gasteiger partial charge in [0.05, 0.1) is 0 Å². The van der Waals surface area contributed by atoms with Crippen molar-refractivity contribution in [1.29, 1.82) is 0 Å². The Labute approximate surface area is 173 Å². The van der Waals surface area contributed by atoms with Gasteiger partial charge in [0.25, 0.3) is 0 Å². The lowest BCUT2D eigenvalue weighted by Crippen LogP contribution is -2.59. The van der Waals surface area contributed by atoms with E-state index in [-0.39, 0.29) is 36.3 Å². The van der Waals surface area contributed by atoms with E-state index in [4.69, 9.17) is 5.73 Å². The maximum absolute atomic E-state index is 12.8. The molecule has 1 aromatic carbocycles. The summed E-state index contributed by atoms with van der Waals surface area (Å²) >= 11 is 2.03. The second kappa shape index (κ2) is 10.2. The highest BCUT2D eigenvalue weighted by molar-refractivity contribution is 7.99. The lowest BCUT2D eigenvalue weighted by Gasteiger charge is -2.44. The van der Waals surface area contributed by atoms with Gasteiger partial charge in [-0.15, -0.1) is 24.8 Å². The van der Waals surface area contributed by atoms with Gasteiger partial charge in [-0.1, -0.05) is 43.2 Å². The molecular formula is C19H31Cl2N3OS. The topological polar surface area (TPSA) is 58.4 Å². The SMILES string of the molecule is CC(N)(C(=O)NCC1(N2CCSCC2)CCCC1)c1ccccc1.Cl.Cl. The van der Waals surface area contributed by atoms with Gasteiger partial charge in [0, 0.05) is 36.7 Å². The van der Waals surface area contributed by atoms with Crippen molar-refractivity contribution in [2.75, 3.05) is 31.1 Å². The van der Waals surface area contributed by atoms with E-state index in [9.17, 15) is 4.79 Å². The van der Waals surface area contributed by atoms with Crippen molar-refractivity contribution in [3.63, 3.8) is 0 Å². The fourth-order valence-electron chi connectivity index (χ4n) is 4.02. The van der Waals surface area contributed by atoms with Crippen molar-refractivity contribution in [2.45, 2.75) is 43.7 Å². The normalized spacial score (nSPS) is 21.8. The number of carbonyl (C=O) groups is 1. The number of halogens is 2. The lowest BCUT2D eigenvalue weighted by molar-refractivity contribution is -0.126. The molecule has 7 heteroatoms. The van der Waals surface area contributed by atoms with Gasteiger partial charge in [0.15, 0.2) is 0 Å². The summed E-state index contributed by atoms with van der Waals surface area (Å²) in [5.74, 6) is 2.33. The second-order valence-corrected chi connectivity index (χ2v) is 8.51. The number of nitrogens with one attached hydrogen (secondary N) is 1. The molecule has 0 spiro atoms. The van der Waals surface area contributed by atoms with E-state index >= 15 is 0 Å². The minimum Gasteiger partial charge on any atom is -0.352 e. The zero-order valence-corrected chi connectivity index (χ0v) is 17.9. The lowest BCUT2D eigenvalue weighted by atomic mass is 9.90. The summed E-state index contributed by atoms with van der Waals surface area (Å²) in [6.45, 7) is 4.80. The van der Waals surface area contributed by atoms with Crippen molar-refractivity contribution in [3.05, 3.63) is 35.9 Å². The molecule has 0 aromatic heterocycles. The van der Waals surface area contributed by atoms with Gasteiger partial charge in [-0.3, -0.25) is 9.69 Å². The predicted molar refractivity (Wildman–Crippen MR) is 116 cm³/mol. The molecule has 148 valence electrons. The molecule has 3 N–H and O–H groups in total. The molecule has 2 aliphatic rings. The first-order valence-electron chi connectivity index (χ1n) is 9.00. The maximum atomic E-state index is 12.8. The largest absolute Gasteiger partial charge is 0.352 e. The molecule has 1 atom stereocenters. The van der Waals surface area contributed by atoms with Gasteiger partial charge in [0.2, 0.25) is 5.91 Å². The molecule has 0 bridgehead atoms. The Morgan fingerprint density at radius 1 is 1.19 bits per heavy atom. The second-order valence-electron chi connectivity index (χ2n) is 7.28. The Hall–Kier alpha value is -0.460. The first-order chi connectivity index (χ1) is 11.5. The molecule has 1 amide bonds. The highest BCUT2D eigenvalue weighted by Crippen LogP contribution is 2.36. The Kier molecular flexibility index (Phi) is 9.24. The first-order valence-corrected chi connectivity index (χ1v) is 10.2. The van der Waals surface area contributed by atoms with Gasteiger partial charge >= 0.3 is 0 Å². The summed E-state index contributed by atoms with van der Waals surface area (Å²) in [6.07, 6.45) is 4.89. The van der Waals surface area contributed by atoms with Crippen LogP contribution < -0.4 is 11.1 Å². The highest BCUT2D eigenvalue weighted by Gasteiger charge is 2.41. The number of benzene rings is 1. The molecule has 26 heavy (non-hydrogen) atoms. The van der Waals surface area contributed by atoms with Crippen LogP contribution in [0.15, 0.2) is 30.3 Å². The molecule has 4 nitrogen and oxygen atoms in total. The van der Waals surface area contributed by atoms with Crippen LogP contribution in [0.2, 0.25) is 0 Å². The van der Waals surface area contributed by atoms with Crippen LogP contribution in [-0.2, 0) is 10.3 Å². The minimum atomic E-state index is -0.987. The third kappa shape index (κ3) is 5.08. The molecule has 1 heterocycles. The summed E-state index contributed by atoms with van der Waals surface area (Å²) in [7, 11) is 0. The standard InChI is InChI=1S/C19H29N3OS.2ClH/c1-18(20,16-7-3-2-4-8-16)17(23)21-15-19(9-5-6-10-19)22-11-13-24-14-12-22;;/h2-4,7-8H,5-6,9-15,20H2,1H3,(H,21,23);2*1H. The van der Waals surface area contributed by atoms with Gasteiger partial charge in [0.1, 0.15) is 5.54 Å². The fourth-order valence-corrected chi connectivity index (χ4v) is 4.92. The highest BCUT2D eigenvalue weighted by atomic mass is 35.5. The third-order valence-corrected chi connectivity index (χ3v) is 6.58. The molecular weight excluding hydrogens is 389 g/mol. The van der Waals surface area contributed by atoms with Crippen LogP contribution in [0.3, 0.4) is 0 Å². The van der Waals surface area contributed by atoms with Crippen molar-refractivity contribution in [3.8, 4) is 0 Å². The molecule has 1 aliphatic heterocycles. The summed E-state index contributed by atoms with van der Waals surface area (Å²) in [6, 6.07) is 9.65. The van der Waals surface area contributed by atoms with Crippen molar-refractivity contribution >= 4 is 42.5 Å². The average Bonchev–Trinajstić information content (AvgIpc) is 3.11. The van der Waals surface area contributed by atoms with Crippen LogP contribution in [0.4, 0.5) is 0 Å². The quantitative estimate of drug-likeness (QED) is 0.768. The van der Waals surface area contributed by atoms with Crippen molar-refractivity contribution in [2.24, 2.45) is 5.73 Å². The number of amides is 1. The van der Waals surface area contributed by atoms with E-state index in [1.807, 2.05) is 42.1 Å². The number of thioether (sulfide) groups is 1. The first kappa shape index (κ1) is 23.6. The van der Waals surface area contributed by atoms with Gasteiger partial charge < -0.3 is 11.1 Å². The Balaban J connectivity index is 0.00000169. The molecule has 1 saturated heterocycles. The van der Waals surface area contributed by atoms with E-state index in [1.165, 1.54) is 37.2 Å². The zero-order chi connectivity index (χ0) is 17.0. The number of carbonyl (C=O) groups excluding carboxylic acids is 1. The number of nitrogens with zero attached hydrogens (tertiary/aromatic N) is 1. The van der Waals surface area contributed by atoms with Crippen LogP contribution in [0, 0.1) is 0 Å². The maximum Gasteiger partial charge on any atom is 0.244 e. The van der Waals surface area contributed by atoms with E-state index in [0.29, 0.717) is 0 Å². The minimum absolute atomic E-state index is 0. The summed E-state index contributed by atoms with van der Waals surface area (Å²) in [5.41, 5.74) is 6.37. The molecule has 1 unspecified atom stereocenters.